The van der Waals surface area contributed by atoms with E-state index in [0.29, 0.717) is 18.3 Å². The molecule has 0 saturated heterocycles. The van der Waals surface area contributed by atoms with Crippen LogP contribution in [0.2, 0.25) is 0 Å². The topological polar surface area (TPSA) is 52.5 Å². The number of anilines is 1. The molecule has 0 aliphatic rings. The second kappa shape index (κ2) is 3.66. The Morgan fingerprint density at radius 3 is 2.94 bits per heavy atom. The monoisotopic (exact) mass is 227 g/mol. The van der Waals surface area contributed by atoms with Crippen LogP contribution in [0.25, 0.3) is 16.4 Å². The van der Waals surface area contributed by atoms with Crippen LogP contribution in [0.3, 0.4) is 0 Å². The first kappa shape index (κ1) is 9.96. The molecule has 4 heteroatoms. The predicted octanol–water partition coefficient (Wildman–Crippen LogP) is 2.47. The van der Waals surface area contributed by atoms with Gasteiger partial charge >= 0.3 is 0 Å². The molecule has 2 N–H and O–H groups in total. The molecule has 17 heavy (non-hydrogen) atoms. The summed E-state index contributed by atoms with van der Waals surface area (Å²) >= 11 is 0. The van der Waals surface area contributed by atoms with Crippen LogP contribution in [0.15, 0.2) is 36.5 Å². The zero-order valence-electron chi connectivity index (χ0n) is 9.55. The van der Waals surface area contributed by atoms with Crippen LogP contribution in [0.1, 0.15) is 6.92 Å². The molecular weight excluding hydrogens is 214 g/mol. The van der Waals surface area contributed by atoms with Gasteiger partial charge in [0.2, 0.25) is 5.88 Å². The van der Waals surface area contributed by atoms with Gasteiger partial charge in [-0.3, -0.25) is 0 Å². The Hall–Kier alpha value is -2.23. The van der Waals surface area contributed by atoms with E-state index in [1.54, 1.807) is 0 Å². The number of nitrogen functional groups attached to an aromatic ring is 1. The molecule has 0 fully saturated rings. The van der Waals surface area contributed by atoms with Crippen LogP contribution in [0.4, 0.5) is 5.82 Å². The minimum Gasteiger partial charge on any atom is -0.476 e. The Balaban J connectivity index is 2.42. The van der Waals surface area contributed by atoms with Gasteiger partial charge in [-0.25, -0.2) is 0 Å². The smallest absolute Gasteiger partial charge is 0.240 e. The quantitative estimate of drug-likeness (QED) is 0.731. The van der Waals surface area contributed by atoms with Crippen LogP contribution in [0, 0.1) is 0 Å². The lowest BCUT2D eigenvalue weighted by Crippen LogP contribution is -2.01. The fourth-order valence-electron chi connectivity index (χ4n) is 2.06. The van der Waals surface area contributed by atoms with Crippen molar-refractivity contribution < 1.29 is 4.74 Å². The van der Waals surface area contributed by atoms with Gasteiger partial charge in [-0.15, -0.1) is 0 Å². The Bertz CT molecular complexity index is 688. The second-order valence-electron chi connectivity index (χ2n) is 3.86. The van der Waals surface area contributed by atoms with Crippen molar-refractivity contribution in [2.45, 2.75) is 6.92 Å². The maximum Gasteiger partial charge on any atom is 0.240 e. The van der Waals surface area contributed by atoms with Gasteiger partial charge < -0.3 is 14.9 Å². The molecule has 0 aliphatic heterocycles. The standard InChI is InChI=1S/C13H13N3O/c1-2-17-13-11-7-9-5-3-4-6-10(9)16(11)8-12(14)15-13/h3-8H,2,14H2,1H3. The summed E-state index contributed by atoms with van der Waals surface area (Å²) in [6.07, 6.45) is 1.82. The van der Waals surface area contributed by atoms with Crippen molar-refractivity contribution in [1.29, 1.82) is 0 Å². The minimum absolute atomic E-state index is 0.460. The summed E-state index contributed by atoms with van der Waals surface area (Å²) in [4.78, 5) is 4.22. The number of hydrogen-bond donors (Lipinski definition) is 1. The molecule has 3 rings (SSSR count). The average molecular weight is 227 g/mol. The maximum atomic E-state index is 5.79. The number of aromatic nitrogens is 2. The Kier molecular flexibility index (Phi) is 2.14. The molecule has 2 heterocycles. The molecule has 2 aromatic heterocycles. The largest absolute Gasteiger partial charge is 0.476 e. The number of para-hydroxylation sites is 1. The molecule has 0 atom stereocenters. The second-order valence-corrected chi connectivity index (χ2v) is 3.86. The number of ether oxygens (including phenoxy) is 1. The van der Waals surface area contributed by atoms with Gasteiger partial charge in [0, 0.05) is 5.39 Å². The lowest BCUT2D eigenvalue weighted by molar-refractivity contribution is 0.330. The van der Waals surface area contributed by atoms with E-state index >= 15 is 0 Å². The number of fused-ring (bicyclic) bond motifs is 3. The van der Waals surface area contributed by atoms with E-state index < -0.39 is 0 Å². The van der Waals surface area contributed by atoms with Gasteiger partial charge in [0.15, 0.2) is 0 Å². The Labute approximate surface area is 98.6 Å². The SMILES string of the molecule is CCOc1nc(N)cn2c1cc1ccccc12. The molecule has 0 bridgehead atoms. The van der Waals surface area contributed by atoms with Crippen LogP contribution >= 0.6 is 0 Å². The highest BCUT2D eigenvalue weighted by atomic mass is 16.5. The van der Waals surface area contributed by atoms with Crippen LogP contribution in [-0.2, 0) is 0 Å². The van der Waals surface area contributed by atoms with Crippen molar-refractivity contribution >= 4 is 22.2 Å². The van der Waals surface area contributed by atoms with E-state index in [1.807, 2.05) is 29.7 Å². The lowest BCUT2D eigenvalue weighted by Gasteiger charge is -2.06. The summed E-state index contributed by atoms with van der Waals surface area (Å²) < 4.78 is 7.53. The normalized spacial score (nSPS) is 11.1. The van der Waals surface area contributed by atoms with Gasteiger partial charge in [0.1, 0.15) is 11.3 Å². The molecule has 0 saturated carbocycles. The molecule has 1 aromatic carbocycles. The summed E-state index contributed by atoms with van der Waals surface area (Å²) in [5.41, 5.74) is 7.85. The number of hydrogen-bond acceptors (Lipinski definition) is 3. The van der Waals surface area contributed by atoms with E-state index in [9.17, 15) is 0 Å². The third-order valence-corrected chi connectivity index (χ3v) is 2.74. The number of nitrogens with two attached hydrogens (primary N) is 1. The molecule has 0 amide bonds. The molecule has 0 spiro atoms. The van der Waals surface area contributed by atoms with E-state index in [-0.39, 0.29) is 0 Å². The fraction of sp³-hybridized carbons (Fsp3) is 0.154. The first-order valence-electron chi connectivity index (χ1n) is 5.58. The summed E-state index contributed by atoms with van der Waals surface area (Å²) in [5.74, 6) is 1.05. The van der Waals surface area contributed by atoms with Gasteiger partial charge in [-0.05, 0) is 19.1 Å². The predicted molar refractivity (Wildman–Crippen MR) is 68.3 cm³/mol. The maximum absolute atomic E-state index is 5.79. The van der Waals surface area contributed by atoms with Gasteiger partial charge in [-0.1, -0.05) is 18.2 Å². The summed E-state index contributed by atoms with van der Waals surface area (Å²) in [6, 6.07) is 10.2. The fourth-order valence-corrected chi connectivity index (χ4v) is 2.06. The van der Waals surface area contributed by atoms with Crippen LogP contribution in [0.5, 0.6) is 5.88 Å². The van der Waals surface area contributed by atoms with Crippen molar-refractivity contribution in [2.24, 2.45) is 0 Å². The van der Waals surface area contributed by atoms with Crippen molar-refractivity contribution in [3.05, 3.63) is 36.5 Å². The average Bonchev–Trinajstić information content (AvgIpc) is 2.69. The number of nitrogens with zero attached hydrogens (tertiary/aromatic N) is 2. The van der Waals surface area contributed by atoms with Gasteiger partial charge in [-0.2, -0.15) is 4.98 Å². The summed E-state index contributed by atoms with van der Waals surface area (Å²) in [7, 11) is 0. The highest BCUT2D eigenvalue weighted by molar-refractivity contribution is 5.89. The zero-order chi connectivity index (χ0) is 11.8. The van der Waals surface area contributed by atoms with E-state index in [4.69, 9.17) is 10.5 Å². The molecule has 86 valence electrons. The first-order chi connectivity index (χ1) is 8.29. The van der Waals surface area contributed by atoms with Crippen LogP contribution < -0.4 is 10.5 Å². The number of benzene rings is 1. The highest BCUT2D eigenvalue weighted by Gasteiger charge is 2.09. The molecule has 0 aliphatic carbocycles. The Morgan fingerprint density at radius 1 is 1.29 bits per heavy atom. The minimum atomic E-state index is 0.460. The van der Waals surface area contributed by atoms with Crippen molar-refractivity contribution in [3.8, 4) is 5.88 Å². The van der Waals surface area contributed by atoms with E-state index in [1.165, 1.54) is 0 Å². The zero-order valence-corrected chi connectivity index (χ0v) is 9.55. The lowest BCUT2D eigenvalue weighted by atomic mass is 10.2. The van der Waals surface area contributed by atoms with Gasteiger partial charge in [0.05, 0.1) is 18.3 Å². The van der Waals surface area contributed by atoms with Crippen molar-refractivity contribution in [2.75, 3.05) is 12.3 Å². The number of rotatable bonds is 2. The first-order valence-corrected chi connectivity index (χ1v) is 5.58. The van der Waals surface area contributed by atoms with Gasteiger partial charge in [0.25, 0.3) is 0 Å². The highest BCUT2D eigenvalue weighted by Crippen LogP contribution is 2.26. The van der Waals surface area contributed by atoms with E-state index in [0.717, 1.165) is 16.4 Å². The molecule has 0 radical (unpaired) electrons. The van der Waals surface area contributed by atoms with Crippen LogP contribution in [-0.4, -0.2) is 16.0 Å². The molecule has 4 nitrogen and oxygen atoms in total. The third-order valence-electron chi connectivity index (χ3n) is 2.74. The molecule has 0 unspecified atom stereocenters. The van der Waals surface area contributed by atoms with Crippen molar-refractivity contribution in [1.82, 2.24) is 9.38 Å². The molecular formula is C13H13N3O. The van der Waals surface area contributed by atoms with E-state index in [2.05, 4.69) is 23.2 Å². The summed E-state index contributed by atoms with van der Waals surface area (Å²) in [5, 5.41) is 1.15. The van der Waals surface area contributed by atoms with Crippen molar-refractivity contribution in [3.63, 3.8) is 0 Å². The Morgan fingerprint density at radius 2 is 2.12 bits per heavy atom. The third kappa shape index (κ3) is 1.49. The summed E-state index contributed by atoms with van der Waals surface area (Å²) in [6.45, 7) is 2.51. The molecule has 3 aromatic rings.